The molecule has 12 nitrogen and oxygen atoms in total. The van der Waals surface area contributed by atoms with Crippen LogP contribution in [0.4, 0.5) is 10.3 Å². The number of azide groups is 1. The highest BCUT2D eigenvalue weighted by atomic mass is 19.1. The van der Waals surface area contributed by atoms with Crippen molar-refractivity contribution in [2.75, 3.05) is 25.5 Å². The highest BCUT2D eigenvalue weighted by Crippen LogP contribution is 2.40. The second kappa shape index (κ2) is 6.88. The molecule has 0 radical (unpaired) electrons. The van der Waals surface area contributed by atoms with E-state index in [0.717, 1.165) is 0 Å². The zero-order chi connectivity index (χ0) is 18.9. The number of alkyl halides is 1. The predicted molar refractivity (Wildman–Crippen MR) is 85.8 cm³/mol. The van der Waals surface area contributed by atoms with Gasteiger partial charge in [0.1, 0.15) is 11.7 Å². The molecule has 3 rings (SSSR count). The van der Waals surface area contributed by atoms with Crippen LogP contribution in [0.25, 0.3) is 21.6 Å². The van der Waals surface area contributed by atoms with E-state index in [2.05, 4.69) is 25.0 Å². The van der Waals surface area contributed by atoms with Gasteiger partial charge in [-0.3, -0.25) is 4.57 Å². The van der Waals surface area contributed by atoms with Crippen LogP contribution in [0, 0.1) is 0 Å². The highest BCUT2D eigenvalue weighted by molar-refractivity contribution is 5.77. The summed E-state index contributed by atoms with van der Waals surface area (Å²) in [6.07, 6.45) is -3.81. The van der Waals surface area contributed by atoms with E-state index in [9.17, 15) is 14.6 Å². The molecule has 0 unspecified atom stereocenters. The number of imidazole rings is 1. The van der Waals surface area contributed by atoms with Gasteiger partial charge in [0, 0.05) is 4.91 Å². The van der Waals surface area contributed by atoms with Crippen molar-refractivity contribution in [3.8, 4) is 5.88 Å². The van der Waals surface area contributed by atoms with Gasteiger partial charge in [-0.05, 0) is 12.5 Å². The van der Waals surface area contributed by atoms with Gasteiger partial charge in [-0.2, -0.15) is 9.97 Å². The van der Waals surface area contributed by atoms with Crippen LogP contribution in [0.2, 0.25) is 0 Å². The lowest BCUT2D eigenvalue weighted by Crippen LogP contribution is -2.48. The Morgan fingerprint density at radius 1 is 1.58 bits per heavy atom. The summed E-state index contributed by atoms with van der Waals surface area (Å²) in [6.45, 7) is 0.854. The van der Waals surface area contributed by atoms with Crippen LogP contribution in [0.1, 0.15) is 13.2 Å². The summed E-state index contributed by atoms with van der Waals surface area (Å²) < 4.78 is 26.9. The summed E-state index contributed by atoms with van der Waals surface area (Å²) in [6, 6.07) is 0. The number of aliphatic hydroxyl groups excluding tert-OH is 2. The molecule has 1 fully saturated rings. The molecule has 0 spiro atoms. The minimum Gasteiger partial charge on any atom is -0.476 e. The number of halogens is 1. The van der Waals surface area contributed by atoms with E-state index in [1.165, 1.54) is 10.9 Å². The quantitative estimate of drug-likeness (QED) is 0.364. The van der Waals surface area contributed by atoms with Gasteiger partial charge in [0.2, 0.25) is 11.8 Å². The molecular formula is C13H17FN8O4. The Balaban J connectivity index is 2.05. The average molecular weight is 368 g/mol. The first kappa shape index (κ1) is 18.1. The van der Waals surface area contributed by atoms with Crippen molar-refractivity contribution in [3.05, 3.63) is 16.8 Å². The molecule has 13 heteroatoms. The molecule has 2 aromatic rings. The number of aliphatic hydroxyl groups is 2. The number of ether oxygens (including phenoxy) is 2. The van der Waals surface area contributed by atoms with Crippen molar-refractivity contribution in [2.24, 2.45) is 5.11 Å². The lowest BCUT2D eigenvalue weighted by atomic mass is 9.97. The Hall–Kier alpha value is -2.73. The minimum atomic E-state index is -1.94. The number of aromatic nitrogens is 4. The van der Waals surface area contributed by atoms with E-state index in [0.29, 0.717) is 6.61 Å². The van der Waals surface area contributed by atoms with E-state index in [4.69, 9.17) is 20.7 Å². The number of hydrogen-bond acceptors (Lipinski definition) is 9. The van der Waals surface area contributed by atoms with Gasteiger partial charge < -0.3 is 25.4 Å². The molecule has 0 amide bonds. The van der Waals surface area contributed by atoms with Crippen molar-refractivity contribution in [1.82, 2.24) is 19.5 Å². The average Bonchev–Trinajstić information content (AvgIpc) is 3.14. The first-order chi connectivity index (χ1) is 12.5. The van der Waals surface area contributed by atoms with Crippen LogP contribution in [0.15, 0.2) is 11.4 Å². The molecule has 0 aromatic carbocycles. The number of nitrogens with two attached hydrogens (primary N) is 1. The zero-order valence-electron chi connectivity index (χ0n) is 13.7. The maximum Gasteiger partial charge on any atom is 0.247 e. The number of hydrogen-bond donors (Lipinski definition) is 3. The molecule has 26 heavy (non-hydrogen) atoms. The SMILES string of the molecule is CCOc1nc(N)nc2c1ncn2[C@@H]1O[C@@](CO)(CN=[N+]=[N-])[C@@H](O)[C@H]1F. The fourth-order valence-corrected chi connectivity index (χ4v) is 2.82. The van der Waals surface area contributed by atoms with Crippen LogP contribution in [0.3, 0.4) is 0 Å². The maximum atomic E-state index is 14.8. The maximum absolute atomic E-state index is 14.8. The first-order valence-electron chi connectivity index (χ1n) is 7.72. The molecule has 2 aromatic heterocycles. The van der Waals surface area contributed by atoms with Gasteiger partial charge in [0.15, 0.2) is 23.6 Å². The molecule has 1 aliphatic heterocycles. The third-order valence-electron chi connectivity index (χ3n) is 4.10. The van der Waals surface area contributed by atoms with Crippen molar-refractivity contribution >= 4 is 17.1 Å². The smallest absolute Gasteiger partial charge is 0.247 e. The minimum absolute atomic E-state index is 0.112. The lowest BCUT2D eigenvalue weighted by Gasteiger charge is -2.27. The molecule has 1 aliphatic rings. The topological polar surface area (TPSA) is 177 Å². The van der Waals surface area contributed by atoms with Crippen molar-refractivity contribution < 1.29 is 24.1 Å². The van der Waals surface area contributed by atoms with E-state index in [1.54, 1.807) is 6.92 Å². The number of fused-ring (bicyclic) bond motifs is 1. The Bertz CT molecular complexity index is 856. The summed E-state index contributed by atoms with van der Waals surface area (Å²) in [5.41, 5.74) is 12.7. The van der Waals surface area contributed by atoms with Crippen LogP contribution < -0.4 is 10.5 Å². The van der Waals surface area contributed by atoms with Crippen LogP contribution in [-0.4, -0.2) is 67.4 Å². The summed E-state index contributed by atoms with van der Waals surface area (Å²) in [7, 11) is 0. The number of anilines is 1. The molecule has 0 aliphatic carbocycles. The Morgan fingerprint density at radius 2 is 2.35 bits per heavy atom. The van der Waals surface area contributed by atoms with Crippen LogP contribution in [0.5, 0.6) is 5.88 Å². The second-order valence-electron chi connectivity index (χ2n) is 5.65. The fourth-order valence-electron chi connectivity index (χ4n) is 2.82. The van der Waals surface area contributed by atoms with Gasteiger partial charge in [-0.1, -0.05) is 5.11 Å². The molecule has 1 saturated heterocycles. The molecule has 4 N–H and O–H groups in total. The van der Waals surface area contributed by atoms with Crippen LogP contribution in [-0.2, 0) is 4.74 Å². The van der Waals surface area contributed by atoms with E-state index in [1.807, 2.05) is 0 Å². The molecule has 4 atom stereocenters. The normalized spacial score (nSPS) is 28.2. The van der Waals surface area contributed by atoms with E-state index < -0.39 is 37.3 Å². The van der Waals surface area contributed by atoms with Crippen LogP contribution >= 0.6 is 0 Å². The number of nitrogens with zero attached hydrogens (tertiary/aromatic N) is 7. The van der Waals surface area contributed by atoms with E-state index >= 15 is 0 Å². The third kappa shape index (κ3) is 2.76. The predicted octanol–water partition coefficient (Wildman–Crippen LogP) is 0.0764. The molecular weight excluding hydrogens is 351 g/mol. The van der Waals surface area contributed by atoms with E-state index in [-0.39, 0.29) is 23.0 Å². The van der Waals surface area contributed by atoms with Crippen molar-refractivity contribution in [2.45, 2.75) is 31.0 Å². The Kier molecular flexibility index (Phi) is 4.78. The van der Waals surface area contributed by atoms with Gasteiger partial charge in [0.25, 0.3) is 0 Å². The fraction of sp³-hybridized carbons (Fsp3) is 0.615. The standard InChI is InChI=1S/C13H17FN8O4/c1-2-25-10-7-9(19-12(15)20-10)22(5-17-7)11-6(14)8(24)13(4-23,26-11)3-18-21-16/h5-6,8,11,23-24H,2-4H2,1H3,(H2,15,19,20)/t6-,8+,11-,13-/m1/s1. The summed E-state index contributed by atoms with van der Waals surface area (Å²) in [5.74, 6) is 0.0179. The van der Waals surface area contributed by atoms with Gasteiger partial charge in [-0.25, -0.2) is 9.37 Å². The third-order valence-corrected chi connectivity index (χ3v) is 4.10. The monoisotopic (exact) mass is 368 g/mol. The molecule has 3 heterocycles. The van der Waals surface area contributed by atoms with Gasteiger partial charge in [-0.15, -0.1) is 0 Å². The van der Waals surface area contributed by atoms with Crippen molar-refractivity contribution in [1.29, 1.82) is 0 Å². The number of rotatable bonds is 6. The van der Waals surface area contributed by atoms with Gasteiger partial charge in [0.05, 0.1) is 26.1 Å². The number of nitrogen functional groups attached to an aromatic ring is 1. The lowest BCUT2D eigenvalue weighted by molar-refractivity contribution is -0.120. The van der Waals surface area contributed by atoms with Gasteiger partial charge >= 0.3 is 0 Å². The molecule has 0 saturated carbocycles. The Morgan fingerprint density at radius 3 is 3.00 bits per heavy atom. The largest absolute Gasteiger partial charge is 0.476 e. The highest BCUT2D eigenvalue weighted by Gasteiger charge is 2.55. The Labute approximate surface area is 146 Å². The molecule has 140 valence electrons. The second-order valence-corrected chi connectivity index (χ2v) is 5.65. The zero-order valence-corrected chi connectivity index (χ0v) is 13.7. The summed E-state index contributed by atoms with van der Waals surface area (Å²) in [5, 5.41) is 23.1. The van der Waals surface area contributed by atoms with Crippen molar-refractivity contribution in [3.63, 3.8) is 0 Å². The molecule has 0 bridgehead atoms. The summed E-state index contributed by atoms with van der Waals surface area (Å²) >= 11 is 0. The first-order valence-corrected chi connectivity index (χ1v) is 7.72. The summed E-state index contributed by atoms with van der Waals surface area (Å²) in [4.78, 5) is 14.6.